The van der Waals surface area contributed by atoms with E-state index in [-0.39, 0.29) is 25.2 Å². The Kier molecular flexibility index (Phi) is 11.1. The van der Waals surface area contributed by atoms with Crippen LogP contribution in [0.3, 0.4) is 0 Å². The summed E-state index contributed by atoms with van der Waals surface area (Å²) in [5.41, 5.74) is 5.22. The number of aliphatic carboxylic acids is 1. The predicted molar refractivity (Wildman–Crippen MR) is 188 cm³/mol. The van der Waals surface area contributed by atoms with Gasteiger partial charge in [0.25, 0.3) is 0 Å². The average molecular weight is 659 g/mol. The number of nitrogens with zero attached hydrogens (tertiary/aromatic N) is 1. The first kappa shape index (κ1) is 32.2. The maximum absolute atomic E-state index is 10.9. The lowest BCUT2D eigenvalue weighted by Gasteiger charge is -2.43. The van der Waals surface area contributed by atoms with E-state index in [2.05, 4.69) is 63.5 Å². The highest BCUT2D eigenvalue weighted by Gasteiger charge is 2.45. The van der Waals surface area contributed by atoms with Crippen molar-refractivity contribution >= 4 is 18.2 Å². The number of benzene rings is 2. The van der Waals surface area contributed by atoms with E-state index in [4.69, 9.17) is 6.48 Å². The fourth-order valence-electron chi connectivity index (χ4n) is 8.74. The van der Waals surface area contributed by atoms with Gasteiger partial charge in [-0.05, 0) is 123 Å². The Morgan fingerprint density at radius 1 is 0.875 bits per heavy atom. The highest BCUT2D eigenvalue weighted by atomic mass is 16.5. The number of rotatable bonds is 11. The smallest absolute Gasteiger partial charge is 0.305 e. The van der Waals surface area contributed by atoms with Gasteiger partial charge in [0, 0.05) is 37.0 Å². The van der Waals surface area contributed by atoms with Gasteiger partial charge in [0.05, 0.1) is 16.3 Å². The number of carboxylic acid groups (broad SMARTS) is 1. The monoisotopic (exact) mass is 658 g/mol. The summed E-state index contributed by atoms with van der Waals surface area (Å²) >= 11 is 0. The van der Waals surface area contributed by atoms with E-state index in [1.165, 1.54) is 80.7 Å². The molecule has 0 saturated heterocycles. The molecule has 48 heavy (non-hydrogen) atoms. The van der Waals surface area contributed by atoms with Crippen LogP contribution in [0.1, 0.15) is 127 Å². The lowest BCUT2D eigenvalue weighted by Crippen LogP contribution is -2.40. The predicted octanol–water partition coefficient (Wildman–Crippen LogP) is 7.62. The second-order valence-corrected chi connectivity index (χ2v) is 14.7. The summed E-state index contributed by atoms with van der Waals surface area (Å²) < 4.78 is 23.0. The number of nitrogens with one attached hydrogen (secondary N) is 1. The second kappa shape index (κ2) is 16.6. The first-order chi connectivity index (χ1) is 24.2. The van der Waals surface area contributed by atoms with Gasteiger partial charge in [-0.25, -0.2) is 0 Å². The number of carbonyl (C=O) groups excluding carboxylic acids is 2. The maximum atomic E-state index is 10.9. The first-order valence-electron chi connectivity index (χ1n) is 19.6. The van der Waals surface area contributed by atoms with Gasteiger partial charge < -0.3 is 20.0 Å². The number of carboxylic acids is 1. The number of esters is 1. The Bertz CT molecular complexity index is 1500. The van der Waals surface area contributed by atoms with E-state index in [1.807, 2.05) is 0 Å². The van der Waals surface area contributed by atoms with Crippen LogP contribution in [-0.2, 0) is 32.0 Å². The van der Waals surface area contributed by atoms with Crippen LogP contribution in [-0.4, -0.2) is 54.0 Å². The van der Waals surface area contributed by atoms with E-state index in [9.17, 15) is 15.8 Å². The van der Waals surface area contributed by atoms with Crippen LogP contribution in [0.4, 0.5) is 0 Å². The zero-order valence-corrected chi connectivity index (χ0v) is 28.7. The van der Waals surface area contributed by atoms with E-state index in [1.54, 1.807) is 0 Å². The highest BCUT2D eigenvalue weighted by molar-refractivity contribution is 5.72. The maximum Gasteiger partial charge on any atom is 0.305 e. The van der Waals surface area contributed by atoms with Crippen molar-refractivity contribution in [2.24, 2.45) is 23.7 Å². The Morgan fingerprint density at radius 3 is 2.12 bits per heavy atom. The van der Waals surface area contributed by atoms with Crippen LogP contribution < -0.4 is 5.32 Å². The zero-order valence-electron chi connectivity index (χ0n) is 30.7. The summed E-state index contributed by atoms with van der Waals surface area (Å²) in [6, 6.07) is 17.1. The molecule has 2 aromatic carbocycles. The number of hydrogen-bond donors (Lipinski definition) is 2. The molecule has 260 valence electrons. The molecule has 0 radical (unpaired) electrons. The highest BCUT2D eigenvalue weighted by Crippen LogP contribution is 2.52. The third-order valence-corrected chi connectivity index (χ3v) is 11.3. The van der Waals surface area contributed by atoms with Gasteiger partial charge in [-0.1, -0.05) is 61.4 Å². The zero-order chi connectivity index (χ0) is 35.3. The largest absolute Gasteiger partial charge is 0.481 e. The summed E-state index contributed by atoms with van der Waals surface area (Å²) in [6.45, 7) is 0.734. The molecule has 0 spiro atoms. The van der Waals surface area contributed by atoms with Crippen LogP contribution in [0.5, 0.6) is 0 Å². The van der Waals surface area contributed by atoms with Gasteiger partial charge in [0.15, 0.2) is 0 Å². The lowest BCUT2D eigenvalue weighted by molar-refractivity contribution is -0.141. The molecule has 7 heteroatoms. The normalized spacial score (nSPS) is 31.6. The van der Waals surface area contributed by atoms with Crippen molar-refractivity contribution in [1.29, 1.82) is 0 Å². The number of fused-ring (bicyclic) bond motifs is 4. The van der Waals surface area contributed by atoms with E-state index >= 15 is 0 Å². The van der Waals surface area contributed by atoms with Crippen LogP contribution >= 0.6 is 0 Å². The Hall–Kier alpha value is -3.03. The molecule has 6 aliphatic rings. The van der Waals surface area contributed by atoms with Crippen molar-refractivity contribution < 1.29 is 27.0 Å². The van der Waals surface area contributed by atoms with Crippen molar-refractivity contribution in [3.05, 3.63) is 70.8 Å². The molecule has 0 heterocycles. The van der Waals surface area contributed by atoms with Gasteiger partial charge in [0.2, 0.25) is 0 Å². The van der Waals surface area contributed by atoms with Crippen LogP contribution in [0.15, 0.2) is 48.5 Å². The molecular formula is C41H56N2O5. The third kappa shape index (κ3) is 8.76. The van der Waals surface area contributed by atoms with Crippen LogP contribution in [0, 0.1) is 23.7 Å². The molecular weight excluding hydrogens is 600 g/mol. The quantitative estimate of drug-likeness (QED) is 0.189. The summed E-state index contributed by atoms with van der Waals surface area (Å²) in [7, 11) is 1.30. The molecule has 0 aromatic heterocycles. The number of carbonyl (C=O) groups is 3. The molecule has 7 nitrogen and oxygen atoms in total. The lowest BCUT2D eigenvalue weighted by atomic mass is 9.73. The topological polar surface area (TPSA) is 95.9 Å². The van der Waals surface area contributed by atoms with Crippen LogP contribution in [0.25, 0.3) is 0 Å². The van der Waals surface area contributed by atoms with Crippen molar-refractivity contribution in [1.82, 2.24) is 10.2 Å². The number of methoxy groups -OCH3 is 1. The minimum Gasteiger partial charge on any atom is -0.481 e. The third-order valence-electron chi connectivity index (χ3n) is 11.3. The fraction of sp³-hybridized carbons (Fsp3) is 0.634. The van der Waals surface area contributed by atoms with Crippen molar-refractivity contribution in [3.63, 3.8) is 0 Å². The summed E-state index contributed by atoms with van der Waals surface area (Å²) in [5, 5.41) is 12.7. The van der Waals surface area contributed by atoms with Crippen molar-refractivity contribution in [2.75, 3.05) is 13.7 Å². The molecule has 0 amide bonds. The van der Waals surface area contributed by atoms with Crippen molar-refractivity contribution in [3.8, 4) is 0 Å². The molecule has 6 aliphatic carbocycles. The Balaban J connectivity index is 0.000000146. The van der Waals surface area contributed by atoms with Gasteiger partial charge in [-0.15, -0.1) is 0 Å². The van der Waals surface area contributed by atoms with E-state index in [0.717, 1.165) is 38.1 Å². The summed E-state index contributed by atoms with van der Waals surface area (Å²) in [4.78, 5) is 33.1. The molecule has 0 aliphatic heterocycles. The minimum absolute atomic E-state index is 0.194. The summed E-state index contributed by atoms with van der Waals surface area (Å²) in [5.74, 6) is 1.23. The first-order valence-corrected chi connectivity index (χ1v) is 18.6. The number of hydrogen-bond acceptors (Lipinski definition) is 6. The number of aldehydes is 1. The van der Waals surface area contributed by atoms with Gasteiger partial charge in [0.1, 0.15) is 6.29 Å². The van der Waals surface area contributed by atoms with E-state index in [0.29, 0.717) is 42.5 Å². The number of ether oxygens (including phenoxy) is 1. The van der Waals surface area contributed by atoms with Gasteiger partial charge in [-0.3, -0.25) is 14.5 Å². The summed E-state index contributed by atoms with van der Waals surface area (Å²) in [6.07, 6.45) is 16.7. The Labute approximate surface area is 290 Å². The molecule has 4 fully saturated rings. The Morgan fingerprint density at radius 2 is 1.50 bits per heavy atom. The van der Waals surface area contributed by atoms with E-state index < -0.39 is 18.0 Å². The molecule has 6 unspecified atom stereocenters. The molecule has 8 rings (SSSR count). The molecule has 2 N–H and O–H groups in total. The minimum atomic E-state index is -0.729. The SMILES string of the molecule is COC(=O)CCC=O.[2H]C1(N(CCCC(=O)O)C2CC2)c2ccccc2CC2CCCC21.[2H]C1(NC2CC2)c2ccccc2CC2CCCC21. The second-order valence-electron chi connectivity index (χ2n) is 14.7. The van der Waals surface area contributed by atoms with Crippen LogP contribution in [0.2, 0.25) is 0 Å². The van der Waals surface area contributed by atoms with Gasteiger partial charge in [-0.2, -0.15) is 0 Å². The fourth-order valence-corrected chi connectivity index (χ4v) is 8.74. The van der Waals surface area contributed by atoms with Gasteiger partial charge >= 0.3 is 11.9 Å². The molecule has 0 bridgehead atoms. The molecule has 2 aromatic rings. The molecule has 4 saturated carbocycles. The standard InChI is InChI=1S/C20H27NO2.C16H21N.C5H8O3/c22-19(23)9-4-12-21(16-10-11-16)20-17-7-2-1-5-14(17)13-15-6-3-8-18(15)20;1-2-6-14-11(4-1)10-12-5-3-7-15(12)16(14)17-13-8-9-13;1-8-5(7)3-2-4-6/h1-2,5,7,15-16,18,20H,3-4,6,8-13H2,(H,22,23);1-2,4,6,12-13,15-17H,3,5,7-10H2;4H,2-3H2,1H3/i20D;16D;. The average Bonchev–Trinajstić information content (AvgIpc) is 4.03. The van der Waals surface area contributed by atoms with Crippen molar-refractivity contribution in [2.45, 2.75) is 127 Å². The molecule has 6 atom stereocenters.